The third-order valence-corrected chi connectivity index (χ3v) is 4.06. The van der Waals surface area contributed by atoms with Crippen LogP contribution in [0.4, 0.5) is 0 Å². The van der Waals surface area contributed by atoms with E-state index >= 15 is 0 Å². The van der Waals surface area contributed by atoms with E-state index in [1.165, 1.54) is 6.92 Å². The van der Waals surface area contributed by atoms with E-state index in [2.05, 4.69) is 5.32 Å². The van der Waals surface area contributed by atoms with E-state index in [1.807, 2.05) is 0 Å². The van der Waals surface area contributed by atoms with E-state index < -0.39 is 17.4 Å². The molecule has 0 aromatic carbocycles. The molecule has 1 fully saturated rings. The number of carbonyl (C=O) groups excluding carboxylic acids is 3. The predicted molar refractivity (Wildman–Crippen MR) is 75.6 cm³/mol. The topological polar surface area (TPSA) is 115 Å². The standard InChI is InChI=1S/C14H25N3O3/c1-10(18)17-11(5-4-8-15)12(19)9-14(13(16)20)6-2-3-7-14/h11H,2-9,15H2,1H3,(H2,16,20)(H,17,18)/t11-/m0/s1. The van der Waals surface area contributed by atoms with Crippen LogP contribution in [0.1, 0.15) is 51.9 Å². The van der Waals surface area contributed by atoms with E-state index in [4.69, 9.17) is 11.5 Å². The Kier molecular flexibility index (Phi) is 6.13. The summed E-state index contributed by atoms with van der Waals surface area (Å²) in [6.45, 7) is 1.84. The highest BCUT2D eigenvalue weighted by Gasteiger charge is 2.42. The van der Waals surface area contributed by atoms with Gasteiger partial charge in [-0.3, -0.25) is 14.4 Å². The zero-order valence-electron chi connectivity index (χ0n) is 12.1. The second-order valence-electron chi connectivity index (χ2n) is 5.68. The maximum absolute atomic E-state index is 12.4. The number of nitrogens with two attached hydrogens (primary N) is 2. The average molecular weight is 283 g/mol. The Morgan fingerprint density at radius 2 is 1.85 bits per heavy atom. The number of nitrogens with one attached hydrogen (secondary N) is 1. The summed E-state index contributed by atoms with van der Waals surface area (Å²) >= 11 is 0. The highest BCUT2D eigenvalue weighted by molar-refractivity contribution is 5.93. The number of Topliss-reactive ketones (excluding diaryl/α,β-unsaturated/α-hetero) is 1. The molecule has 114 valence electrons. The minimum atomic E-state index is -0.712. The van der Waals surface area contributed by atoms with Gasteiger partial charge in [0.05, 0.1) is 11.5 Å². The first-order chi connectivity index (χ1) is 9.41. The van der Waals surface area contributed by atoms with Crippen molar-refractivity contribution in [1.82, 2.24) is 5.32 Å². The van der Waals surface area contributed by atoms with Crippen molar-refractivity contribution >= 4 is 17.6 Å². The molecule has 0 aromatic heterocycles. The van der Waals surface area contributed by atoms with Crippen LogP contribution in [0.3, 0.4) is 0 Å². The number of ketones is 1. The molecule has 1 rings (SSSR count). The molecule has 6 heteroatoms. The summed E-state index contributed by atoms with van der Waals surface area (Å²) in [6.07, 6.45) is 4.45. The Morgan fingerprint density at radius 1 is 1.25 bits per heavy atom. The number of hydrogen-bond donors (Lipinski definition) is 3. The van der Waals surface area contributed by atoms with Gasteiger partial charge in [-0.15, -0.1) is 0 Å². The Morgan fingerprint density at radius 3 is 2.30 bits per heavy atom. The second kappa shape index (κ2) is 7.38. The van der Waals surface area contributed by atoms with Crippen LogP contribution in [0.5, 0.6) is 0 Å². The number of carbonyl (C=O) groups is 3. The van der Waals surface area contributed by atoms with Gasteiger partial charge in [-0.1, -0.05) is 12.8 Å². The minimum absolute atomic E-state index is 0.116. The van der Waals surface area contributed by atoms with Gasteiger partial charge in [0.25, 0.3) is 0 Å². The van der Waals surface area contributed by atoms with E-state index in [0.717, 1.165) is 12.8 Å². The van der Waals surface area contributed by atoms with Crippen molar-refractivity contribution < 1.29 is 14.4 Å². The van der Waals surface area contributed by atoms with Gasteiger partial charge in [-0.25, -0.2) is 0 Å². The van der Waals surface area contributed by atoms with Crippen LogP contribution in [0, 0.1) is 5.41 Å². The molecule has 1 atom stereocenters. The molecule has 0 radical (unpaired) electrons. The fraction of sp³-hybridized carbons (Fsp3) is 0.786. The zero-order chi connectivity index (χ0) is 15.2. The zero-order valence-corrected chi connectivity index (χ0v) is 12.1. The molecule has 0 heterocycles. The lowest BCUT2D eigenvalue weighted by molar-refractivity contribution is -0.134. The van der Waals surface area contributed by atoms with Crippen LogP contribution in [-0.2, 0) is 14.4 Å². The van der Waals surface area contributed by atoms with Crippen molar-refractivity contribution in [3.8, 4) is 0 Å². The fourth-order valence-electron chi connectivity index (χ4n) is 2.90. The molecule has 0 saturated heterocycles. The van der Waals surface area contributed by atoms with Crippen molar-refractivity contribution in [3.63, 3.8) is 0 Å². The Hall–Kier alpha value is -1.43. The lowest BCUT2D eigenvalue weighted by Gasteiger charge is -2.27. The van der Waals surface area contributed by atoms with Crippen molar-refractivity contribution in [2.24, 2.45) is 16.9 Å². The quantitative estimate of drug-likeness (QED) is 0.591. The average Bonchev–Trinajstić information content (AvgIpc) is 2.83. The first kappa shape index (κ1) is 16.6. The van der Waals surface area contributed by atoms with Crippen LogP contribution in [0.15, 0.2) is 0 Å². The molecule has 5 N–H and O–H groups in total. The number of amides is 2. The lowest BCUT2D eigenvalue weighted by Crippen LogP contribution is -2.44. The number of hydrogen-bond acceptors (Lipinski definition) is 4. The molecule has 1 aliphatic rings. The van der Waals surface area contributed by atoms with Crippen LogP contribution in [0.25, 0.3) is 0 Å². The van der Waals surface area contributed by atoms with Crippen LogP contribution in [0.2, 0.25) is 0 Å². The van der Waals surface area contributed by atoms with E-state index in [9.17, 15) is 14.4 Å². The molecule has 0 spiro atoms. The van der Waals surface area contributed by atoms with E-state index in [0.29, 0.717) is 32.2 Å². The molecule has 0 unspecified atom stereocenters. The highest BCUT2D eigenvalue weighted by Crippen LogP contribution is 2.41. The molecular formula is C14H25N3O3. The van der Waals surface area contributed by atoms with E-state index in [-0.39, 0.29) is 18.1 Å². The molecule has 2 amide bonds. The van der Waals surface area contributed by atoms with Crippen molar-refractivity contribution in [3.05, 3.63) is 0 Å². The van der Waals surface area contributed by atoms with Crippen LogP contribution >= 0.6 is 0 Å². The van der Waals surface area contributed by atoms with Crippen LogP contribution in [-0.4, -0.2) is 30.2 Å². The van der Waals surface area contributed by atoms with Gasteiger partial charge in [0.2, 0.25) is 11.8 Å². The summed E-state index contributed by atoms with van der Waals surface area (Å²) in [6, 6.07) is -0.562. The van der Waals surface area contributed by atoms with Gasteiger partial charge in [0.1, 0.15) is 0 Å². The monoisotopic (exact) mass is 283 g/mol. The maximum Gasteiger partial charge on any atom is 0.224 e. The molecule has 0 aromatic rings. The van der Waals surface area contributed by atoms with Gasteiger partial charge in [-0.2, -0.15) is 0 Å². The van der Waals surface area contributed by atoms with Crippen molar-refractivity contribution in [2.45, 2.75) is 57.9 Å². The largest absolute Gasteiger partial charge is 0.369 e. The third kappa shape index (κ3) is 4.30. The summed E-state index contributed by atoms with van der Waals surface area (Å²) in [4.78, 5) is 35.3. The van der Waals surface area contributed by atoms with E-state index in [1.54, 1.807) is 0 Å². The smallest absolute Gasteiger partial charge is 0.224 e. The Labute approximate surface area is 119 Å². The first-order valence-electron chi connectivity index (χ1n) is 7.21. The SMILES string of the molecule is CC(=O)N[C@@H](CCCN)C(=O)CC1(C(N)=O)CCCC1. The summed E-state index contributed by atoms with van der Waals surface area (Å²) in [5.74, 6) is -0.766. The summed E-state index contributed by atoms with van der Waals surface area (Å²) < 4.78 is 0. The molecule has 20 heavy (non-hydrogen) atoms. The summed E-state index contributed by atoms with van der Waals surface area (Å²) in [5, 5.41) is 2.65. The molecule has 0 aliphatic heterocycles. The Balaban J connectivity index is 2.72. The van der Waals surface area contributed by atoms with Gasteiger partial charge in [0, 0.05) is 13.3 Å². The van der Waals surface area contributed by atoms with Gasteiger partial charge >= 0.3 is 0 Å². The summed E-state index contributed by atoms with van der Waals surface area (Å²) in [5.41, 5.74) is 10.2. The first-order valence-corrected chi connectivity index (χ1v) is 7.21. The molecule has 1 aliphatic carbocycles. The van der Waals surface area contributed by atoms with Gasteiger partial charge in [-0.05, 0) is 32.2 Å². The molecule has 1 saturated carbocycles. The normalized spacial score (nSPS) is 18.5. The second-order valence-corrected chi connectivity index (χ2v) is 5.68. The fourth-order valence-corrected chi connectivity index (χ4v) is 2.90. The molecule has 6 nitrogen and oxygen atoms in total. The van der Waals surface area contributed by atoms with Crippen LogP contribution < -0.4 is 16.8 Å². The summed E-state index contributed by atoms with van der Waals surface area (Å²) in [7, 11) is 0. The lowest BCUT2D eigenvalue weighted by atomic mass is 9.79. The number of primary amides is 1. The highest BCUT2D eigenvalue weighted by atomic mass is 16.2. The molecular weight excluding hydrogens is 258 g/mol. The Bertz CT molecular complexity index is 376. The third-order valence-electron chi connectivity index (χ3n) is 4.06. The minimum Gasteiger partial charge on any atom is -0.369 e. The molecule has 0 bridgehead atoms. The maximum atomic E-state index is 12.4. The van der Waals surface area contributed by atoms with Gasteiger partial charge < -0.3 is 16.8 Å². The predicted octanol–water partition coefficient (Wildman–Crippen LogP) is 0.235. The number of rotatable bonds is 8. The van der Waals surface area contributed by atoms with Crippen molar-refractivity contribution in [1.29, 1.82) is 0 Å². The van der Waals surface area contributed by atoms with Gasteiger partial charge in [0.15, 0.2) is 5.78 Å². The van der Waals surface area contributed by atoms with Crippen molar-refractivity contribution in [2.75, 3.05) is 6.54 Å².